The number of hydrogen-bond acceptors (Lipinski definition) is 2. The Bertz CT molecular complexity index is 491. The highest BCUT2D eigenvalue weighted by Gasteiger charge is 2.35. The topological polar surface area (TPSA) is 52.9 Å². The first-order chi connectivity index (χ1) is 8.90. The van der Waals surface area contributed by atoms with E-state index in [0.29, 0.717) is 12.8 Å². The number of nitrogens with zero attached hydrogens (tertiary/aromatic N) is 1. The van der Waals surface area contributed by atoms with E-state index in [0.717, 1.165) is 12.1 Å². The van der Waals surface area contributed by atoms with Gasteiger partial charge in [0.25, 0.3) is 5.91 Å². The van der Waals surface area contributed by atoms with Gasteiger partial charge in [0.2, 0.25) is 0 Å². The van der Waals surface area contributed by atoms with Crippen molar-refractivity contribution in [1.82, 2.24) is 5.32 Å². The second kappa shape index (κ2) is 6.23. The van der Waals surface area contributed by atoms with Crippen molar-refractivity contribution >= 4 is 5.91 Å². The summed E-state index contributed by atoms with van der Waals surface area (Å²) in [4.78, 5) is 11.8. The van der Waals surface area contributed by atoms with Gasteiger partial charge in [0, 0.05) is 0 Å². The van der Waals surface area contributed by atoms with Crippen molar-refractivity contribution in [2.75, 3.05) is 0 Å². The first-order valence-electron chi connectivity index (χ1n) is 5.76. The van der Waals surface area contributed by atoms with Gasteiger partial charge in [-0.2, -0.15) is 18.4 Å². The van der Waals surface area contributed by atoms with E-state index >= 15 is 0 Å². The summed E-state index contributed by atoms with van der Waals surface area (Å²) >= 11 is 0. The zero-order chi connectivity index (χ0) is 14.5. The second-order valence-corrected chi connectivity index (χ2v) is 3.99. The fourth-order valence-electron chi connectivity index (χ4n) is 1.62. The fraction of sp³-hybridized carbons (Fsp3) is 0.385. The minimum atomic E-state index is -4.60. The van der Waals surface area contributed by atoms with Crippen molar-refractivity contribution in [3.8, 4) is 6.07 Å². The Morgan fingerprint density at radius 3 is 2.58 bits per heavy atom. The summed E-state index contributed by atoms with van der Waals surface area (Å²) in [5.74, 6) is -0.882. The largest absolute Gasteiger partial charge is 0.417 e. The van der Waals surface area contributed by atoms with Gasteiger partial charge in [-0.1, -0.05) is 25.5 Å². The summed E-state index contributed by atoms with van der Waals surface area (Å²) in [6.45, 7) is 1.82. The molecule has 0 saturated carbocycles. The summed E-state index contributed by atoms with van der Waals surface area (Å²) in [6, 6.07) is 5.58. The van der Waals surface area contributed by atoms with Gasteiger partial charge in [0.15, 0.2) is 0 Å². The van der Waals surface area contributed by atoms with Crippen LogP contribution in [0.3, 0.4) is 0 Å². The Labute approximate surface area is 109 Å². The van der Waals surface area contributed by atoms with Crippen molar-refractivity contribution in [2.24, 2.45) is 0 Å². The molecule has 0 bridgehead atoms. The van der Waals surface area contributed by atoms with Crippen LogP contribution >= 0.6 is 0 Å². The second-order valence-electron chi connectivity index (χ2n) is 3.99. The van der Waals surface area contributed by atoms with Crippen LogP contribution in [0.15, 0.2) is 24.3 Å². The number of hydrogen-bond donors (Lipinski definition) is 1. The van der Waals surface area contributed by atoms with E-state index in [2.05, 4.69) is 5.32 Å². The van der Waals surface area contributed by atoms with Gasteiger partial charge in [-0.05, 0) is 18.6 Å². The number of nitriles is 1. The van der Waals surface area contributed by atoms with Crippen molar-refractivity contribution in [3.63, 3.8) is 0 Å². The van der Waals surface area contributed by atoms with Crippen LogP contribution in [-0.4, -0.2) is 11.9 Å². The molecule has 0 spiro atoms. The van der Waals surface area contributed by atoms with E-state index < -0.39 is 29.3 Å². The van der Waals surface area contributed by atoms with Crippen molar-refractivity contribution in [1.29, 1.82) is 5.26 Å². The van der Waals surface area contributed by atoms with Gasteiger partial charge in [-0.25, -0.2) is 0 Å². The van der Waals surface area contributed by atoms with Crippen LogP contribution in [-0.2, 0) is 6.18 Å². The molecular weight excluding hydrogens is 257 g/mol. The lowest BCUT2D eigenvalue weighted by Crippen LogP contribution is -2.34. The Morgan fingerprint density at radius 1 is 1.42 bits per heavy atom. The van der Waals surface area contributed by atoms with E-state index in [1.165, 1.54) is 12.1 Å². The van der Waals surface area contributed by atoms with Gasteiger partial charge in [-0.3, -0.25) is 4.79 Å². The molecule has 0 aliphatic heterocycles. The number of rotatable bonds is 4. The highest BCUT2D eigenvalue weighted by atomic mass is 19.4. The van der Waals surface area contributed by atoms with Crippen LogP contribution in [0.2, 0.25) is 0 Å². The van der Waals surface area contributed by atoms with Gasteiger partial charge in [-0.15, -0.1) is 0 Å². The predicted octanol–water partition coefficient (Wildman–Crippen LogP) is 3.13. The number of benzene rings is 1. The molecule has 0 heterocycles. The molecule has 1 atom stereocenters. The number of carbonyl (C=O) groups excluding carboxylic acids is 1. The van der Waals surface area contributed by atoms with Gasteiger partial charge in [0.1, 0.15) is 6.04 Å². The summed E-state index contributed by atoms with van der Waals surface area (Å²) < 4.78 is 38.2. The van der Waals surface area contributed by atoms with Crippen LogP contribution in [0.4, 0.5) is 13.2 Å². The van der Waals surface area contributed by atoms with Gasteiger partial charge >= 0.3 is 6.18 Å². The average molecular weight is 270 g/mol. The number of amides is 1. The number of carbonyl (C=O) groups is 1. The molecule has 0 radical (unpaired) electrons. The monoisotopic (exact) mass is 270 g/mol. The zero-order valence-electron chi connectivity index (χ0n) is 10.3. The molecule has 102 valence electrons. The van der Waals surface area contributed by atoms with Crippen LogP contribution in [0.25, 0.3) is 0 Å². The Hall–Kier alpha value is -2.03. The van der Waals surface area contributed by atoms with Crippen molar-refractivity contribution in [2.45, 2.75) is 32.0 Å². The summed E-state index contributed by atoms with van der Waals surface area (Å²) in [5.41, 5.74) is -1.47. The van der Waals surface area contributed by atoms with Gasteiger partial charge < -0.3 is 5.32 Å². The quantitative estimate of drug-likeness (QED) is 0.913. The molecule has 0 aliphatic carbocycles. The molecule has 3 nitrogen and oxygen atoms in total. The maximum absolute atomic E-state index is 12.7. The molecule has 1 aromatic carbocycles. The number of nitrogens with one attached hydrogen (secondary N) is 1. The molecule has 19 heavy (non-hydrogen) atoms. The maximum Gasteiger partial charge on any atom is 0.417 e. The first kappa shape index (κ1) is 15.0. The third-order valence-electron chi connectivity index (χ3n) is 2.52. The lowest BCUT2D eigenvalue weighted by atomic mass is 10.1. The molecule has 6 heteroatoms. The third-order valence-corrected chi connectivity index (χ3v) is 2.52. The van der Waals surface area contributed by atoms with Crippen LogP contribution in [0, 0.1) is 11.3 Å². The number of halogens is 3. The van der Waals surface area contributed by atoms with E-state index in [-0.39, 0.29) is 0 Å². The van der Waals surface area contributed by atoms with Crippen LogP contribution < -0.4 is 5.32 Å². The minimum Gasteiger partial charge on any atom is -0.336 e. The normalized spacial score (nSPS) is 12.6. The molecule has 1 amide bonds. The van der Waals surface area contributed by atoms with Crippen molar-refractivity contribution in [3.05, 3.63) is 35.4 Å². The molecule has 0 fully saturated rings. The first-order valence-corrected chi connectivity index (χ1v) is 5.76. The molecule has 0 saturated heterocycles. The molecule has 1 unspecified atom stereocenters. The standard InChI is InChI=1S/C13H13F3N2O/c1-2-5-9(8-17)18-12(19)10-6-3-4-7-11(10)13(14,15)16/h3-4,6-7,9H,2,5H2,1H3,(H,18,19). The zero-order valence-corrected chi connectivity index (χ0v) is 10.3. The van der Waals surface area contributed by atoms with E-state index in [9.17, 15) is 18.0 Å². The van der Waals surface area contributed by atoms with Gasteiger partial charge in [0.05, 0.1) is 17.2 Å². The van der Waals surface area contributed by atoms with Crippen LogP contribution in [0.5, 0.6) is 0 Å². The van der Waals surface area contributed by atoms with E-state index in [1.807, 2.05) is 13.0 Å². The Morgan fingerprint density at radius 2 is 2.05 bits per heavy atom. The highest BCUT2D eigenvalue weighted by molar-refractivity contribution is 5.96. The molecule has 0 aliphatic rings. The molecule has 1 rings (SSSR count). The molecule has 1 N–H and O–H groups in total. The van der Waals surface area contributed by atoms with E-state index in [4.69, 9.17) is 5.26 Å². The maximum atomic E-state index is 12.7. The fourth-order valence-corrected chi connectivity index (χ4v) is 1.62. The smallest absolute Gasteiger partial charge is 0.336 e. The lowest BCUT2D eigenvalue weighted by molar-refractivity contribution is -0.137. The lowest BCUT2D eigenvalue weighted by Gasteiger charge is -2.14. The van der Waals surface area contributed by atoms with Crippen LogP contribution in [0.1, 0.15) is 35.7 Å². The Balaban J connectivity index is 2.98. The summed E-state index contributed by atoms with van der Waals surface area (Å²) in [6.07, 6.45) is -3.54. The number of alkyl halides is 3. The SMILES string of the molecule is CCCC(C#N)NC(=O)c1ccccc1C(F)(F)F. The molecule has 0 aromatic heterocycles. The van der Waals surface area contributed by atoms with Crippen molar-refractivity contribution < 1.29 is 18.0 Å². The Kier molecular flexibility index (Phi) is 4.93. The minimum absolute atomic E-state index is 0.399. The molecular formula is C13H13F3N2O. The summed E-state index contributed by atoms with van der Waals surface area (Å²) in [5, 5.41) is 11.1. The summed E-state index contributed by atoms with van der Waals surface area (Å²) in [7, 11) is 0. The predicted molar refractivity (Wildman–Crippen MR) is 63.2 cm³/mol. The third kappa shape index (κ3) is 3.98. The molecule has 1 aromatic rings. The highest BCUT2D eigenvalue weighted by Crippen LogP contribution is 2.31. The van der Waals surface area contributed by atoms with E-state index in [1.54, 1.807) is 0 Å². The average Bonchev–Trinajstić information content (AvgIpc) is 2.37.